The molecule has 1 heterocycles. The summed E-state index contributed by atoms with van der Waals surface area (Å²) in [7, 11) is 0. The number of hydrogen-bond acceptors (Lipinski definition) is 2. The number of benzene rings is 3. The van der Waals surface area contributed by atoms with Crippen molar-refractivity contribution < 1.29 is 14.0 Å². The summed E-state index contributed by atoms with van der Waals surface area (Å²) in [5.41, 5.74) is 4.40. The van der Waals surface area contributed by atoms with Crippen molar-refractivity contribution in [2.24, 2.45) is 0 Å². The van der Waals surface area contributed by atoms with Crippen molar-refractivity contribution in [3.8, 4) is 0 Å². The van der Waals surface area contributed by atoms with Crippen molar-refractivity contribution in [3.05, 3.63) is 100 Å². The molecule has 0 fully saturated rings. The van der Waals surface area contributed by atoms with Gasteiger partial charge in [-0.25, -0.2) is 4.39 Å². The van der Waals surface area contributed by atoms with Crippen molar-refractivity contribution >= 4 is 17.5 Å². The maximum atomic E-state index is 13.0. The van der Waals surface area contributed by atoms with Gasteiger partial charge in [-0.3, -0.25) is 9.59 Å². The minimum Gasteiger partial charge on any atom is -0.348 e. The molecule has 3 aromatic rings. The van der Waals surface area contributed by atoms with E-state index in [-0.39, 0.29) is 11.8 Å². The van der Waals surface area contributed by atoms with E-state index in [0.29, 0.717) is 29.8 Å². The highest BCUT2D eigenvalue weighted by molar-refractivity contribution is 6.10. The van der Waals surface area contributed by atoms with Crippen molar-refractivity contribution in [1.29, 1.82) is 0 Å². The Kier molecular flexibility index (Phi) is 4.42. The molecule has 0 atom stereocenters. The van der Waals surface area contributed by atoms with Gasteiger partial charge in [0, 0.05) is 12.1 Å². The van der Waals surface area contributed by atoms with Crippen LogP contribution in [0.15, 0.2) is 66.7 Å². The zero-order valence-corrected chi connectivity index (χ0v) is 14.5. The molecule has 3 aromatic carbocycles. The summed E-state index contributed by atoms with van der Waals surface area (Å²) in [6.07, 6.45) is 0.713. The van der Waals surface area contributed by atoms with Crippen LogP contribution in [0, 0.1) is 5.82 Å². The molecule has 0 unspecified atom stereocenters. The molecule has 0 saturated heterocycles. The van der Waals surface area contributed by atoms with Gasteiger partial charge in [0.15, 0.2) is 0 Å². The number of carbonyl (C=O) groups excluding carboxylic acids is 2. The van der Waals surface area contributed by atoms with Gasteiger partial charge in [0.05, 0.1) is 11.3 Å². The summed E-state index contributed by atoms with van der Waals surface area (Å²) in [4.78, 5) is 24.8. The zero-order valence-electron chi connectivity index (χ0n) is 14.5. The number of hydrogen-bond donors (Lipinski definition) is 2. The van der Waals surface area contributed by atoms with Crippen molar-refractivity contribution in [2.45, 2.75) is 13.0 Å². The summed E-state index contributed by atoms with van der Waals surface area (Å²) >= 11 is 0. The first-order chi connectivity index (χ1) is 13.1. The highest BCUT2D eigenvalue weighted by Gasteiger charge is 2.26. The molecule has 4 nitrogen and oxygen atoms in total. The van der Waals surface area contributed by atoms with E-state index < -0.39 is 5.82 Å². The lowest BCUT2D eigenvalue weighted by Gasteiger charge is -2.13. The van der Waals surface area contributed by atoms with E-state index in [9.17, 15) is 14.0 Å². The van der Waals surface area contributed by atoms with E-state index in [1.807, 2.05) is 36.4 Å². The third-order valence-electron chi connectivity index (χ3n) is 4.65. The molecule has 0 bridgehead atoms. The number of amides is 2. The van der Waals surface area contributed by atoms with Gasteiger partial charge in [-0.1, -0.05) is 36.4 Å². The Labute approximate surface area is 156 Å². The lowest BCUT2D eigenvalue weighted by molar-refractivity contribution is 0.0966. The van der Waals surface area contributed by atoms with Gasteiger partial charge >= 0.3 is 0 Å². The minimum atomic E-state index is -0.405. The van der Waals surface area contributed by atoms with Crippen LogP contribution in [0.3, 0.4) is 0 Å². The third kappa shape index (κ3) is 3.44. The number of rotatable bonds is 4. The van der Waals surface area contributed by atoms with Gasteiger partial charge < -0.3 is 10.6 Å². The van der Waals surface area contributed by atoms with E-state index in [2.05, 4.69) is 10.6 Å². The summed E-state index contributed by atoms with van der Waals surface area (Å²) < 4.78 is 13.0. The summed E-state index contributed by atoms with van der Waals surface area (Å²) in [5, 5.41) is 5.61. The first-order valence-electron chi connectivity index (χ1n) is 8.65. The molecule has 0 radical (unpaired) electrons. The Balaban J connectivity index is 1.64. The number of carbonyl (C=O) groups is 2. The quantitative estimate of drug-likeness (QED) is 0.741. The van der Waals surface area contributed by atoms with Gasteiger partial charge in [0.2, 0.25) is 0 Å². The summed E-state index contributed by atoms with van der Waals surface area (Å²) in [6.45, 7) is 0.441. The van der Waals surface area contributed by atoms with E-state index in [1.165, 1.54) is 24.3 Å². The van der Waals surface area contributed by atoms with Crippen LogP contribution in [0.25, 0.3) is 0 Å². The number of nitrogens with one attached hydrogen (secondary N) is 2. The van der Waals surface area contributed by atoms with Crippen LogP contribution in [0.1, 0.15) is 37.4 Å². The van der Waals surface area contributed by atoms with Crippen molar-refractivity contribution in [1.82, 2.24) is 5.32 Å². The molecule has 5 heteroatoms. The molecule has 0 aromatic heterocycles. The Hall–Kier alpha value is -3.47. The van der Waals surface area contributed by atoms with Crippen LogP contribution >= 0.6 is 0 Å². The highest BCUT2D eigenvalue weighted by Crippen LogP contribution is 2.29. The monoisotopic (exact) mass is 360 g/mol. The number of fused-ring (bicyclic) bond motifs is 1. The minimum absolute atomic E-state index is 0.200. The standard InChI is InChI=1S/C22H17FN2O2/c23-17-9-6-15(7-10-17)21(26)25-19-11-8-16(12-14-4-2-1-3-5-14)18-13-24-22(27)20(18)19/h1-11H,12-13H2,(H,24,27)(H,25,26). The second-order valence-corrected chi connectivity index (χ2v) is 6.43. The first kappa shape index (κ1) is 17.0. The highest BCUT2D eigenvalue weighted by atomic mass is 19.1. The summed E-state index contributed by atoms with van der Waals surface area (Å²) in [6, 6.07) is 19.0. The number of anilines is 1. The fourth-order valence-corrected chi connectivity index (χ4v) is 3.29. The Morgan fingerprint density at radius 3 is 2.48 bits per heavy atom. The Bertz CT molecular complexity index is 1010. The predicted octanol–water partition coefficient (Wildman–Crippen LogP) is 3.91. The maximum Gasteiger partial charge on any atom is 0.255 e. The second-order valence-electron chi connectivity index (χ2n) is 6.43. The lowest BCUT2D eigenvalue weighted by atomic mass is 9.96. The molecule has 4 rings (SSSR count). The third-order valence-corrected chi connectivity index (χ3v) is 4.65. The SMILES string of the molecule is O=C(Nc1ccc(Cc2ccccc2)c2c1C(=O)NC2)c1ccc(F)cc1. The molecule has 0 spiro atoms. The molecule has 134 valence electrons. The van der Waals surface area contributed by atoms with E-state index >= 15 is 0 Å². The summed E-state index contributed by atoms with van der Waals surface area (Å²) in [5.74, 6) is -0.987. The average Bonchev–Trinajstić information content (AvgIpc) is 3.07. The maximum absolute atomic E-state index is 13.0. The molecule has 2 N–H and O–H groups in total. The average molecular weight is 360 g/mol. The first-order valence-corrected chi connectivity index (χ1v) is 8.65. The van der Waals surface area contributed by atoms with Gasteiger partial charge in [-0.15, -0.1) is 0 Å². The number of halogens is 1. The van der Waals surface area contributed by atoms with Crippen molar-refractivity contribution in [3.63, 3.8) is 0 Å². The van der Waals surface area contributed by atoms with Crippen molar-refractivity contribution in [2.75, 3.05) is 5.32 Å². The molecule has 1 aliphatic heterocycles. The van der Waals surface area contributed by atoms with Gasteiger partial charge in [-0.05, 0) is 53.4 Å². The van der Waals surface area contributed by atoms with Crippen LogP contribution in [-0.4, -0.2) is 11.8 Å². The molecular weight excluding hydrogens is 343 g/mol. The lowest BCUT2D eigenvalue weighted by Crippen LogP contribution is -2.17. The van der Waals surface area contributed by atoms with Crippen LogP contribution in [0.4, 0.5) is 10.1 Å². The van der Waals surface area contributed by atoms with E-state index in [1.54, 1.807) is 6.07 Å². The van der Waals surface area contributed by atoms with Crippen LogP contribution in [0.2, 0.25) is 0 Å². The van der Waals surface area contributed by atoms with Crippen LogP contribution in [0.5, 0.6) is 0 Å². The largest absolute Gasteiger partial charge is 0.348 e. The van der Waals surface area contributed by atoms with Gasteiger partial charge in [0.1, 0.15) is 5.82 Å². The molecule has 1 aliphatic rings. The zero-order chi connectivity index (χ0) is 18.8. The second kappa shape index (κ2) is 7.03. The molecule has 27 heavy (non-hydrogen) atoms. The van der Waals surface area contributed by atoms with Gasteiger partial charge in [-0.2, -0.15) is 0 Å². The fourth-order valence-electron chi connectivity index (χ4n) is 3.29. The predicted molar refractivity (Wildman–Crippen MR) is 101 cm³/mol. The fraction of sp³-hybridized carbons (Fsp3) is 0.0909. The molecule has 2 amide bonds. The van der Waals surface area contributed by atoms with E-state index in [0.717, 1.165) is 16.7 Å². The smallest absolute Gasteiger partial charge is 0.255 e. The Morgan fingerprint density at radius 2 is 1.74 bits per heavy atom. The van der Waals surface area contributed by atoms with E-state index in [4.69, 9.17) is 0 Å². The van der Waals surface area contributed by atoms with Gasteiger partial charge in [0.25, 0.3) is 11.8 Å². The Morgan fingerprint density at radius 1 is 1.00 bits per heavy atom. The molecule has 0 saturated carbocycles. The molecule has 0 aliphatic carbocycles. The van der Waals surface area contributed by atoms with Crippen LogP contribution in [-0.2, 0) is 13.0 Å². The molecular formula is C22H17FN2O2. The van der Waals surface area contributed by atoms with Crippen LogP contribution < -0.4 is 10.6 Å². The normalized spacial score (nSPS) is 12.4. The topological polar surface area (TPSA) is 58.2 Å².